The number of rotatable bonds is 7. The first-order valence-corrected chi connectivity index (χ1v) is 8.27. The third-order valence-electron chi connectivity index (χ3n) is 3.30. The Balaban J connectivity index is 1.79. The summed E-state index contributed by atoms with van der Waals surface area (Å²) in [4.78, 5) is 0.216. The van der Waals surface area contributed by atoms with Gasteiger partial charge in [-0.1, -0.05) is 0 Å². The number of ether oxygens (including phenoxy) is 2. The normalized spacial score (nSPS) is 18.4. The van der Waals surface area contributed by atoms with E-state index in [1.54, 1.807) is 0 Å². The molecule has 1 aromatic rings. The van der Waals surface area contributed by atoms with Crippen molar-refractivity contribution < 1.29 is 17.9 Å². The van der Waals surface area contributed by atoms with Crippen molar-refractivity contribution in [2.24, 2.45) is 0 Å². The van der Waals surface area contributed by atoms with E-state index < -0.39 is 10.0 Å². The summed E-state index contributed by atoms with van der Waals surface area (Å²) in [6, 6.07) is 0. The minimum absolute atomic E-state index is 0.117. The number of piperidine rings is 1. The van der Waals surface area contributed by atoms with E-state index in [1.165, 1.54) is 16.7 Å². The van der Waals surface area contributed by atoms with E-state index in [-0.39, 0.29) is 11.0 Å². The molecule has 1 aliphatic rings. The molecule has 0 amide bonds. The molecule has 0 bridgehead atoms. The van der Waals surface area contributed by atoms with Crippen LogP contribution in [-0.4, -0.2) is 61.9 Å². The zero-order valence-electron chi connectivity index (χ0n) is 11.6. The second kappa shape index (κ2) is 7.16. The number of nitrogens with one attached hydrogen (secondary N) is 1. The van der Waals surface area contributed by atoms with Crippen LogP contribution in [0.3, 0.4) is 0 Å². The van der Waals surface area contributed by atoms with Gasteiger partial charge >= 0.3 is 0 Å². The van der Waals surface area contributed by atoms with Gasteiger partial charge in [-0.05, 0) is 19.8 Å². The van der Waals surface area contributed by atoms with Crippen LogP contribution in [0.5, 0.6) is 0 Å². The Kier molecular flexibility index (Phi) is 5.53. The van der Waals surface area contributed by atoms with Crippen LogP contribution in [0.1, 0.15) is 19.8 Å². The quantitative estimate of drug-likeness (QED) is 0.746. The standard InChI is InChI=1S/C12H21N3O4S/c1-2-18-7-8-19-11-3-5-15(6-4-11)20(16,17)12-9-13-14-10-12/h9-11H,2-8H2,1H3,(H,13,14). The highest BCUT2D eigenvalue weighted by Crippen LogP contribution is 2.21. The van der Waals surface area contributed by atoms with E-state index in [0.717, 1.165) is 0 Å². The second-order valence-corrected chi connectivity index (χ2v) is 6.54. The molecular formula is C12H21N3O4S. The number of aromatic nitrogens is 2. The van der Waals surface area contributed by atoms with E-state index in [9.17, 15) is 8.42 Å². The molecule has 7 nitrogen and oxygen atoms in total. The predicted octanol–water partition coefficient (Wildman–Crippen LogP) is 0.616. The van der Waals surface area contributed by atoms with Crippen molar-refractivity contribution in [2.45, 2.75) is 30.8 Å². The maximum absolute atomic E-state index is 12.3. The van der Waals surface area contributed by atoms with Crippen LogP contribution in [-0.2, 0) is 19.5 Å². The number of hydrogen-bond acceptors (Lipinski definition) is 5. The number of sulfonamides is 1. The van der Waals surface area contributed by atoms with Crippen LogP contribution in [0.15, 0.2) is 17.3 Å². The van der Waals surface area contributed by atoms with Gasteiger partial charge in [-0.15, -0.1) is 0 Å². The Morgan fingerprint density at radius 2 is 2.15 bits per heavy atom. The third kappa shape index (κ3) is 3.78. The van der Waals surface area contributed by atoms with Gasteiger partial charge in [0.1, 0.15) is 4.90 Å². The van der Waals surface area contributed by atoms with Gasteiger partial charge in [0.05, 0.1) is 25.5 Å². The van der Waals surface area contributed by atoms with Crippen molar-refractivity contribution in [1.29, 1.82) is 0 Å². The smallest absolute Gasteiger partial charge is 0.246 e. The fraction of sp³-hybridized carbons (Fsp3) is 0.750. The molecule has 114 valence electrons. The van der Waals surface area contributed by atoms with E-state index in [2.05, 4.69) is 10.2 Å². The van der Waals surface area contributed by atoms with Gasteiger partial charge < -0.3 is 9.47 Å². The lowest BCUT2D eigenvalue weighted by molar-refractivity contribution is -0.0121. The highest BCUT2D eigenvalue weighted by molar-refractivity contribution is 7.89. The van der Waals surface area contributed by atoms with Crippen molar-refractivity contribution in [2.75, 3.05) is 32.9 Å². The summed E-state index contributed by atoms with van der Waals surface area (Å²) >= 11 is 0. The fourth-order valence-corrected chi connectivity index (χ4v) is 3.56. The van der Waals surface area contributed by atoms with Crippen molar-refractivity contribution >= 4 is 10.0 Å². The van der Waals surface area contributed by atoms with Crippen LogP contribution in [0, 0.1) is 0 Å². The lowest BCUT2D eigenvalue weighted by Crippen LogP contribution is -2.41. The lowest BCUT2D eigenvalue weighted by atomic mass is 10.1. The van der Waals surface area contributed by atoms with Gasteiger partial charge in [0.2, 0.25) is 10.0 Å². The molecular weight excluding hydrogens is 282 g/mol. The summed E-state index contributed by atoms with van der Waals surface area (Å²) < 4.78 is 36.9. The minimum atomic E-state index is -3.41. The van der Waals surface area contributed by atoms with Crippen LogP contribution in [0.2, 0.25) is 0 Å². The molecule has 1 fully saturated rings. The molecule has 0 unspecified atom stereocenters. The third-order valence-corrected chi connectivity index (χ3v) is 5.16. The maximum atomic E-state index is 12.3. The van der Waals surface area contributed by atoms with Crippen molar-refractivity contribution in [1.82, 2.24) is 14.5 Å². The monoisotopic (exact) mass is 303 g/mol. The molecule has 0 spiro atoms. The predicted molar refractivity (Wildman–Crippen MR) is 72.8 cm³/mol. The first-order valence-electron chi connectivity index (χ1n) is 6.83. The summed E-state index contributed by atoms with van der Waals surface area (Å²) in [5.74, 6) is 0. The Morgan fingerprint density at radius 1 is 1.40 bits per heavy atom. The molecule has 1 saturated heterocycles. The average Bonchev–Trinajstić information content (AvgIpc) is 2.99. The Bertz CT molecular complexity index is 481. The van der Waals surface area contributed by atoms with Crippen molar-refractivity contribution in [3.8, 4) is 0 Å². The molecule has 8 heteroatoms. The van der Waals surface area contributed by atoms with Gasteiger partial charge in [-0.3, -0.25) is 5.10 Å². The summed E-state index contributed by atoms with van der Waals surface area (Å²) in [5, 5.41) is 6.22. The van der Waals surface area contributed by atoms with Crippen molar-refractivity contribution in [3.05, 3.63) is 12.4 Å². The van der Waals surface area contributed by atoms with E-state index in [1.807, 2.05) is 6.92 Å². The zero-order valence-corrected chi connectivity index (χ0v) is 12.4. The van der Waals surface area contributed by atoms with Gasteiger partial charge in [0.15, 0.2) is 0 Å². The number of H-pyrrole nitrogens is 1. The van der Waals surface area contributed by atoms with Crippen LogP contribution >= 0.6 is 0 Å². The van der Waals surface area contributed by atoms with E-state index in [0.29, 0.717) is 45.8 Å². The van der Waals surface area contributed by atoms with E-state index >= 15 is 0 Å². The molecule has 1 aliphatic heterocycles. The highest BCUT2D eigenvalue weighted by atomic mass is 32.2. The van der Waals surface area contributed by atoms with Gasteiger partial charge in [0.25, 0.3) is 0 Å². The SMILES string of the molecule is CCOCCOC1CCN(S(=O)(=O)c2cn[nH]c2)CC1. The minimum Gasteiger partial charge on any atom is -0.379 e. The fourth-order valence-electron chi connectivity index (χ4n) is 2.19. The summed E-state index contributed by atoms with van der Waals surface area (Å²) in [7, 11) is -3.41. The highest BCUT2D eigenvalue weighted by Gasteiger charge is 2.30. The molecule has 1 N–H and O–H groups in total. The number of hydrogen-bond donors (Lipinski definition) is 1. The summed E-state index contributed by atoms with van der Waals surface area (Å²) in [6.07, 6.45) is 4.28. The zero-order chi connectivity index (χ0) is 14.4. The van der Waals surface area contributed by atoms with Crippen molar-refractivity contribution in [3.63, 3.8) is 0 Å². The Labute approximate surface area is 119 Å². The Hall–Kier alpha value is -0.960. The van der Waals surface area contributed by atoms with Crippen LogP contribution < -0.4 is 0 Å². The molecule has 0 aromatic carbocycles. The number of nitrogens with zero attached hydrogens (tertiary/aromatic N) is 2. The molecule has 0 aliphatic carbocycles. The second-order valence-electron chi connectivity index (χ2n) is 4.61. The average molecular weight is 303 g/mol. The molecule has 0 saturated carbocycles. The van der Waals surface area contributed by atoms with Gasteiger partial charge in [0, 0.05) is 25.9 Å². The largest absolute Gasteiger partial charge is 0.379 e. The molecule has 2 rings (SSSR count). The van der Waals surface area contributed by atoms with Crippen LogP contribution in [0.25, 0.3) is 0 Å². The first-order chi connectivity index (χ1) is 9.64. The maximum Gasteiger partial charge on any atom is 0.246 e. The first kappa shape index (κ1) is 15.4. The van der Waals surface area contributed by atoms with Crippen LogP contribution in [0.4, 0.5) is 0 Å². The number of aromatic amines is 1. The molecule has 2 heterocycles. The molecule has 1 aromatic heterocycles. The van der Waals surface area contributed by atoms with Gasteiger partial charge in [-0.25, -0.2) is 8.42 Å². The van der Waals surface area contributed by atoms with Gasteiger partial charge in [-0.2, -0.15) is 9.40 Å². The Morgan fingerprint density at radius 3 is 2.75 bits per heavy atom. The molecule has 0 atom stereocenters. The lowest BCUT2D eigenvalue weighted by Gasteiger charge is -2.30. The van der Waals surface area contributed by atoms with E-state index in [4.69, 9.17) is 9.47 Å². The molecule has 0 radical (unpaired) electrons. The topological polar surface area (TPSA) is 84.5 Å². The summed E-state index contributed by atoms with van der Waals surface area (Å²) in [6.45, 7) is 4.74. The summed E-state index contributed by atoms with van der Waals surface area (Å²) in [5.41, 5.74) is 0. The molecule has 20 heavy (non-hydrogen) atoms.